The monoisotopic (exact) mass is 1420 g/mol. The Morgan fingerprint density at radius 3 is 0.701 bits per heavy atom. The van der Waals surface area contributed by atoms with Crippen molar-refractivity contribution in [2.24, 2.45) is 5.92 Å². The first-order valence-corrected chi connectivity index (χ1v) is 43.6. The van der Waals surface area contributed by atoms with E-state index >= 15 is 0 Å². The fourth-order valence-electron chi connectivity index (χ4n) is 12.1. The highest BCUT2D eigenvalue weighted by Crippen LogP contribution is 2.45. The summed E-state index contributed by atoms with van der Waals surface area (Å²) in [4.78, 5) is 72.7. The van der Waals surface area contributed by atoms with Crippen LogP contribution in [-0.2, 0) is 65.4 Å². The molecule has 0 aromatic heterocycles. The number of hydrogen-bond donors (Lipinski definition) is 3. The van der Waals surface area contributed by atoms with Crippen LogP contribution in [0.2, 0.25) is 0 Å². The van der Waals surface area contributed by atoms with Crippen molar-refractivity contribution < 1.29 is 80.2 Å². The molecule has 0 radical (unpaired) electrons. The number of carbonyl (C=O) groups is 4. The summed E-state index contributed by atoms with van der Waals surface area (Å²) < 4.78 is 68.4. The molecule has 0 aliphatic carbocycles. The highest BCUT2D eigenvalue weighted by Gasteiger charge is 2.30. The Morgan fingerprint density at radius 1 is 0.278 bits per heavy atom. The quantitative estimate of drug-likeness (QED) is 0.0222. The van der Waals surface area contributed by atoms with Crippen LogP contribution in [0, 0.1) is 5.92 Å². The zero-order valence-electron chi connectivity index (χ0n) is 63.2. The van der Waals surface area contributed by atoms with Gasteiger partial charge in [0.15, 0.2) is 12.2 Å². The summed E-state index contributed by atoms with van der Waals surface area (Å²) in [5.41, 5.74) is 0. The Bertz CT molecular complexity index is 1860. The molecular formula is C78H152O17P2. The normalized spacial score (nSPS) is 13.9. The van der Waals surface area contributed by atoms with Crippen LogP contribution in [0.3, 0.4) is 0 Å². The standard InChI is InChI=1S/C78H152O17P2/c1-6-9-12-15-18-20-22-23-24-25-26-27-28-29-34-37-40-44-49-54-59-64-78(83)95-74(68-89-76(81)62-57-52-47-43-39-36-33-31-30-32-35-38-41-46-50-55-60-71(4)5)70-93-97(86,87)91-66-72(79)65-90-96(84,85)92-69-73(67-88-75(80)61-56-51-45-17-14-11-8-3)94-77(82)63-58-53-48-42-21-19-16-13-10-7-2/h71-74,79H,6-70H2,1-5H3,(H,84,85)(H,86,87)/t72-,73+,74+/m0/s1. The van der Waals surface area contributed by atoms with Gasteiger partial charge in [-0.25, -0.2) is 9.13 Å². The molecule has 0 saturated heterocycles. The van der Waals surface area contributed by atoms with E-state index in [-0.39, 0.29) is 25.7 Å². The summed E-state index contributed by atoms with van der Waals surface area (Å²) >= 11 is 0. The SMILES string of the molecule is CCCCCCCCCCCCCCCCCCCCCCCC(=O)O[C@H](COC(=O)CCCCCCCCCCCCCCCCCCC(C)C)COP(=O)(O)OC[C@@H](O)COP(=O)(O)OC[C@@H](COC(=O)CCCCCCCCC)OC(=O)CCCCCCCCCCCC. The lowest BCUT2D eigenvalue weighted by atomic mass is 10.0. The smallest absolute Gasteiger partial charge is 0.462 e. The lowest BCUT2D eigenvalue weighted by Gasteiger charge is -2.21. The van der Waals surface area contributed by atoms with Crippen molar-refractivity contribution in [1.82, 2.24) is 0 Å². The van der Waals surface area contributed by atoms with Gasteiger partial charge in [0.1, 0.15) is 19.3 Å². The minimum atomic E-state index is -4.96. The molecule has 17 nitrogen and oxygen atoms in total. The van der Waals surface area contributed by atoms with Crippen LogP contribution in [0.25, 0.3) is 0 Å². The Labute approximate surface area is 594 Å². The molecule has 0 saturated carbocycles. The molecule has 0 bridgehead atoms. The molecule has 0 aliphatic rings. The maximum atomic E-state index is 13.1. The maximum absolute atomic E-state index is 13.1. The summed E-state index contributed by atoms with van der Waals surface area (Å²) in [7, 11) is -9.90. The lowest BCUT2D eigenvalue weighted by molar-refractivity contribution is -0.161. The molecule has 576 valence electrons. The van der Waals surface area contributed by atoms with Crippen molar-refractivity contribution in [1.29, 1.82) is 0 Å². The van der Waals surface area contributed by atoms with E-state index < -0.39 is 97.5 Å². The van der Waals surface area contributed by atoms with Crippen molar-refractivity contribution in [2.75, 3.05) is 39.6 Å². The minimum absolute atomic E-state index is 0.106. The van der Waals surface area contributed by atoms with E-state index in [4.69, 9.17) is 37.0 Å². The third-order valence-corrected chi connectivity index (χ3v) is 20.2. The van der Waals surface area contributed by atoms with Crippen LogP contribution in [0.5, 0.6) is 0 Å². The van der Waals surface area contributed by atoms with Crippen LogP contribution in [0.15, 0.2) is 0 Å². The van der Waals surface area contributed by atoms with Crippen molar-refractivity contribution >= 4 is 39.5 Å². The van der Waals surface area contributed by atoms with Gasteiger partial charge < -0.3 is 33.8 Å². The van der Waals surface area contributed by atoms with E-state index in [1.165, 1.54) is 225 Å². The van der Waals surface area contributed by atoms with E-state index in [9.17, 15) is 43.2 Å². The molecule has 19 heteroatoms. The highest BCUT2D eigenvalue weighted by atomic mass is 31.2. The second kappa shape index (κ2) is 71.1. The molecule has 5 atom stereocenters. The van der Waals surface area contributed by atoms with Crippen LogP contribution >= 0.6 is 15.6 Å². The van der Waals surface area contributed by atoms with Gasteiger partial charge in [-0.05, 0) is 31.6 Å². The Morgan fingerprint density at radius 2 is 0.474 bits per heavy atom. The molecule has 0 aromatic rings. The van der Waals surface area contributed by atoms with Gasteiger partial charge in [0.05, 0.1) is 26.4 Å². The molecule has 0 aromatic carbocycles. The predicted molar refractivity (Wildman–Crippen MR) is 395 cm³/mol. The minimum Gasteiger partial charge on any atom is -0.462 e. The fourth-order valence-corrected chi connectivity index (χ4v) is 13.6. The fraction of sp³-hybridized carbons (Fsp3) is 0.949. The number of aliphatic hydroxyl groups is 1. The van der Waals surface area contributed by atoms with Crippen LogP contribution in [0.4, 0.5) is 0 Å². The first-order chi connectivity index (χ1) is 47.0. The molecule has 0 spiro atoms. The number of hydrogen-bond acceptors (Lipinski definition) is 15. The third kappa shape index (κ3) is 72.2. The molecule has 0 amide bonds. The highest BCUT2D eigenvalue weighted by molar-refractivity contribution is 7.47. The zero-order valence-corrected chi connectivity index (χ0v) is 65.0. The molecule has 3 N–H and O–H groups in total. The number of unbranched alkanes of at least 4 members (excludes halogenated alkanes) is 50. The molecule has 0 heterocycles. The first-order valence-electron chi connectivity index (χ1n) is 40.6. The molecule has 0 rings (SSSR count). The second-order valence-corrected chi connectivity index (χ2v) is 31.5. The number of ether oxygens (including phenoxy) is 4. The van der Waals surface area contributed by atoms with Gasteiger partial charge in [-0.1, -0.05) is 362 Å². The molecule has 97 heavy (non-hydrogen) atoms. The number of esters is 4. The van der Waals surface area contributed by atoms with Crippen LogP contribution in [-0.4, -0.2) is 96.7 Å². The van der Waals surface area contributed by atoms with Gasteiger partial charge in [-0.15, -0.1) is 0 Å². The van der Waals surface area contributed by atoms with Crippen molar-refractivity contribution in [3.05, 3.63) is 0 Å². The number of rotatable bonds is 78. The average molecular weight is 1420 g/mol. The van der Waals surface area contributed by atoms with Gasteiger partial charge in [0.25, 0.3) is 0 Å². The zero-order chi connectivity index (χ0) is 71.2. The summed E-state index contributed by atoms with van der Waals surface area (Å²) in [5.74, 6) is -1.30. The Balaban J connectivity index is 5.14. The van der Waals surface area contributed by atoms with Crippen molar-refractivity contribution in [2.45, 2.75) is 432 Å². The number of carbonyl (C=O) groups excluding carboxylic acids is 4. The number of phosphoric ester groups is 2. The molecular weight excluding hydrogens is 1270 g/mol. The summed E-state index contributed by atoms with van der Waals surface area (Å²) in [6.07, 6.45) is 61.4. The second-order valence-electron chi connectivity index (χ2n) is 28.6. The van der Waals surface area contributed by atoms with Crippen molar-refractivity contribution in [3.63, 3.8) is 0 Å². The van der Waals surface area contributed by atoms with Gasteiger partial charge >= 0.3 is 39.5 Å². The Kier molecular flexibility index (Phi) is 69.6. The van der Waals surface area contributed by atoms with E-state index in [2.05, 4.69) is 34.6 Å². The van der Waals surface area contributed by atoms with Gasteiger partial charge in [-0.3, -0.25) is 37.3 Å². The van der Waals surface area contributed by atoms with Crippen LogP contribution < -0.4 is 0 Å². The van der Waals surface area contributed by atoms with E-state index in [0.29, 0.717) is 25.7 Å². The first kappa shape index (κ1) is 95.1. The van der Waals surface area contributed by atoms with Gasteiger partial charge in [0, 0.05) is 25.7 Å². The van der Waals surface area contributed by atoms with E-state index in [1.807, 2.05) is 0 Å². The summed E-state index contributed by atoms with van der Waals surface area (Å²) in [6.45, 7) is 7.28. The topological polar surface area (TPSA) is 237 Å². The molecule has 2 unspecified atom stereocenters. The van der Waals surface area contributed by atoms with Crippen LogP contribution in [0.1, 0.15) is 413 Å². The summed E-state index contributed by atoms with van der Waals surface area (Å²) in [5, 5.41) is 10.6. The number of phosphoric acid groups is 2. The molecule has 0 fully saturated rings. The van der Waals surface area contributed by atoms with Gasteiger partial charge in [0.2, 0.25) is 0 Å². The third-order valence-electron chi connectivity index (χ3n) is 18.3. The van der Waals surface area contributed by atoms with E-state index in [1.54, 1.807) is 0 Å². The van der Waals surface area contributed by atoms with E-state index in [0.717, 1.165) is 109 Å². The molecule has 0 aliphatic heterocycles. The van der Waals surface area contributed by atoms with Gasteiger partial charge in [-0.2, -0.15) is 0 Å². The number of aliphatic hydroxyl groups excluding tert-OH is 1. The Hall–Kier alpha value is -1.94. The summed E-state index contributed by atoms with van der Waals surface area (Å²) in [6, 6.07) is 0. The largest absolute Gasteiger partial charge is 0.472 e. The predicted octanol–water partition coefficient (Wildman–Crippen LogP) is 23.3. The maximum Gasteiger partial charge on any atom is 0.472 e. The van der Waals surface area contributed by atoms with Crippen molar-refractivity contribution in [3.8, 4) is 0 Å². The average Bonchev–Trinajstić information content (AvgIpc) is 1.37. The lowest BCUT2D eigenvalue weighted by Crippen LogP contribution is -2.30.